The summed E-state index contributed by atoms with van der Waals surface area (Å²) in [5.74, 6) is 0.538. The number of anilines is 1. The van der Waals surface area contributed by atoms with Crippen LogP contribution in [0.1, 0.15) is 5.56 Å². The van der Waals surface area contributed by atoms with Gasteiger partial charge >= 0.3 is 0 Å². The van der Waals surface area contributed by atoms with Gasteiger partial charge in [0.1, 0.15) is 5.75 Å². The van der Waals surface area contributed by atoms with Crippen LogP contribution in [0.3, 0.4) is 0 Å². The standard InChI is InChI=1S/C13H18N2O3/c1-10-2-3-11(14)12(8-10)18-9-13(16)15-4-6-17-7-5-15/h2-3,8H,4-7,9,14H2,1H3. The maximum Gasteiger partial charge on any atom is 0.260 e. The first-order chi connectivity index (χ1) is 8.66. The first kappa shape index (κ1) is 12.7. The highest BCUT2D eigenvalue weighted by Crippen LogP contribution is 2.22. The maximum atomic E-state index is 11.9. The van der Waals surface area contributed by atoms with Gasteiger partial charge in [-0.05, 0) is 24.6 Å². The summed E-state index contributed by atoms with van der Waals surface area (Å²) in [4.78, 5) is 13.6. The van der Waals surface area contributed by atoms with Crippen molar-refractivity contribution in [3.63, 3.8) is 0 Å². The van der Waals surface area contributed by atoms with Crippen molar-refractivity contribution in [2.45, 2.75) is 6.92 Å². The topological polar surface area (TPSA) is 64.8 Å². The van der Waals surface area contributed by atoms with Crippen molar-refractivity contribution in [3.05, 3.63) is 23.8 Å². The van der Waals surface area contributed by atoms with E-state index in [1.54, 1.807) is 11.0 Å². The van der Waals surface area contributed by atoms with Gasteiger partial charge in [-0.3, -0.25) is 4.79 Å². The molecule has 1 amide bonds. The highest BCUT2D eigenvalue weighted by molar-refractivity contribution is 5.78. The monoisotopic (exact) mass is 250 g/mol. The molecule has 18 heavy (non-hydrogen) atoms. The Morgan fingerprint density at radius 2 is 2.17 bits per heavy atom. The molecule has 0 atom stereocenters. The molecule has 0 saturated carbocycles. The SMILES string of the molecule is Cc1ccc(N)c(OCC(=O)N2CCOCC2)c1. The second-order valence-corrected chi connectivity index (χ2v) is 4.32. The van der Waals surface area contributed by atoms with E-state index in [4.69, 9.17) is 15.2 Å². The number of nitrogens with zero attached hydrogens (tertiary/aromatic N) is 1. The third kappa shape index (κ3) is 3.13. The zero-order chi connectivity index (χ0) is 13.0. The minimum absolute atomic E-state index is 0.0215. The molecule has 0 aromatic heterocycles. The number of ether oxygens (including phenoxy) is 2. The summed E-state index contributed by atoms with van der Waals surface area (Å²) in [6.07, 6.45) is 0. The quantitative estimate of drug-likeness (QED) is 0.806. The summed E-state index contributed by atoms with van der Waals surface area (Å²) in [5, 5.41) is 0. The Kier molecular flexibility index (Phi) is 4.04. The van der Waals surface area contributed by atoms with Crippen molar-refractivity contribution in [1.82, 2.24) is 4.90 Å². The summed E-state index contributed by atoms with van der Waals surface area (Å²) >= 11 is 0. The smallest absolute Gasteiger partial charge is 0.260 e. The molecular formula is C13H18N2O3. The predicted octanol–water partition coefficient (Wildman–Crippen LogP) is 0.815. The number of carbonyl (C=O) groups is 1. The van der Waals surface area contributed by atoms with E-state index in [0.717, 1.165) is 5.56 Å². The number of rotatable bonds is 3. The lowest BCUT2D eigenvalue weighted by Crippen LogP contribution is -2.43. The normalized spacial score (nSPS) is 15.5. The third-order valence-electron chi connectivity index (χ3n) is 2.88. The molecule has 1 aliphatic rings. The fourth-order valence-corrected chi connectivity index (χ4v) is 1.81. The van der Waals surface area contributed by atoms with Crippen LogP contribution < -0.4 is 10.5 Å². The summed E-state index contributed by atoms with van der Waals surface area (Å²) < 4.78 is 10.7. The Hall–Kier alpha value is -1.75. The third-order valence-corrected chi connectivity index (χ3v) is 2.88. The van der Waals surface area contributed by atoms with Crippen molar-refractivity contribution in [3.8, 4) is 5.75 Å². The van der Waals surface area contributed by atoms with Crippen LogP contribution in [0.2, 0.25) is 0 Å². The molecule has 1 aliphatic heterocycles. The van der Waals surface area contributed by atoms with Gasteiger partial charge in [0.15, 0.2) is 6.61 Å². The van der Waals surface area contributed by atoms with Crippen LogP contribution in [-0.2, 0) is 9.53 Å². The van der Waals surface area contributed by atoms with Crippen molar-refractivity contribution in [1.29, 1.82) is 0 Å². The number of carbonyl (C=O) groups excluding carboxylic acids is 1. The highest BCUT2D eigenvalue weighted by Gasteiger charge is 2.17. The molecule has 0 spiro atoms. The average molecular weight is 250 g/mol. The number of aryl methyl sites for hydroxylation is 1. The Labute approximate surface area is 106 Å². The summed E-state index contributed by atoms with van der Waals surface area (Å²) in [5.41, 5.74) is 7.39. The van der Waals surface area contributed by atoms with E-state index in [1.807, 2.05) is 19.1 Å². The first-order valence-corrected chi connectivity index (χ1v) is 6.01. The fourth-order valence-electron chi connectivity index (χ4n) is 1.81. The Balaban J connectivity index is 1.90. The molecule has 1 saturated heterocycles. The second kappa shape index (κ2) is 5.73. The van der Waals surface area contributed by atoms with Crippen LogP contribution in [0.15, 0.2) is 18.2 Å². The van der Waals surface area contributed by atoms with Gasteiger partial charge in [0, 0.05) is 13.1 Å². The van der Waals surface area contributed by atoms with Crippen molar-refractivity contribution < 1.29 is 14.3 Å². The molecule has 0 radical (unpaired) electrons. The van der Waals surface area contributed by atoms with E-state index in [1.165, 1.54) is 0 Å². The van der Waals surface area contributed by atoms with Gasteiger partial charge in [0.2, 0.25) is 0 Å². The van der Waals surface area contributed by atoms with Crippen molar-refractivity contribution in [2.75, 3.05) is 38.6 Å². The molecule has 1 heterocycles. The van der Waals surface area contributed by atoms with Crippen LogP contribution in [0.25, 0.3) is 0 Å². The lowest BCUT2D eigenvalue weighted by Gasteiger charge is -2.26. The molecule has 1 aromatic carbocycles. The van der Waals surface area contributed by atoms with Crippen LogP contribution in [0.4, 0.5) is 5.69 Å². The van der Waals surface area contributed by atoms with Crippen LogP contribution in [0, 0.1) is 6.92 Å². The second-order valence-electron chi connectivity index (χ2n) is 4.32. The Morgan fingerprint density at radius 3 is 2.89 bits per heavy atom. The predicted molar refractivity (Wildman–Crippen MR) is 68.5 cm³/mol. The molecule has 1 aromatic rings. The van der Waals surface area contributed by atoms with E-state index in [0.29, 0.717) is 37.7 Å². The molecule has 0 aliphatic carbocycles. The van der Waals surface area contributed by atoms with E-state index in [9.17, 15) is 4.79 Å². The number of amides is 1. The van der Waals surface area contributed by atoms with E-state index in [2.05, 4.69) is 0 Å². The molecule has 5 heteroatoms. The van der Waals surface area contributed by atoms with Crippen LogP contribution in [-0.4, -0.2) is 43.7 Å². The maximum absolute atomic E-state index is 11.9. The van der Waals surface area contributed by atoms with Gasteiger partial charge in [0.25, 0.3) is 5.91 Å². The molecule has 98 valence electrons. The molecule has 1 fully saturated rings. The van der Waals surface area contributed by atoms with Gasteiger partial charge in [-0.1, -0.05) is 6.07 Å². The zero-order valence-corrected chi connectivity index (χ0v) is 10.5. The number of hydrogen-bond donors (Lipinski definition) is 1. The van der Waals surface area contributed by atoms with Crippen LogP contribution in [0.5, 0.6) is 5.75 Å². The molecule has 5 nitrogen and oxygen atoms in total. The number of nitrogen functional groups attached to an aromatic ring is 1. The van der Waals surface area contributed by atoms with Gasteiger partial charge in [-0.2, -0.15) is 0 Å². The molecule has 2 rings (SSSR count). The van der Waals surface area contributed by atoms with Crippen LogP contribution >= 0.6 is 0 Å². The molecular weight excluding hydrogens is 232 g/mol. The zero-order valence-electron chi connectivity index (χ0n) is 10.5. The molecule has 0 bridgehead atoms. The van der Waals surface area contributed by atoms with Gasteiger partial charge < -0.3 is 20.1 Å². The van der Waals surface area contributed by atoms with Gasteiger partial charge in [-0.25, -0.2) is 0 Å². The highest BCUT2D eigenvalue weighted by atomic mass is 16.5. The molecule has 0 unspecified atom stereocenters. The minimum Gasteiger partial charge on any atom is -0.482 e. The van der Waals surface area contributed by atoms with Crippen molar-refractivity contribution >= 4 is 11.6 Å². The van der Waals surface area contributed by atoms with E-state index < -0.39 is 0 Å². The number of nitrogens with two attached hydrogens (primary N) is 1. The lowest BCUT2D eigenvalue weighted by molar-refractivity contribution is -0.137. The van der Waals surface area contributed by atoms with Gasteiger partial charge in [-0.15, -0.1) is 0 Å². The lowest BCUT2D eigenvalue weighted by atomic mass is 10.2. The first-order valence-electron chi connectivity index (χ1n) is 6.01. The summed E-state index contributed by atoms with van der Waals surface area (Å²) in [6, 6.07) is 5.53. The average Bonchev–Trinajstić information content (AvgIpc) is 2.40. The van der Waals surface area contributed by atoms with E-state index >= 15 is 0 Å². The van der Waals surface area contributed by atoms with E-state index in [-0.39, 0.29) is 12.5 Å². The number of benzene rings is 1. The Morgan fingerprint density at radius 1 is 1.44 bits per heavy atom. The minimum atomic E-state index is -0.0285. The molecule has 2 N–H and O–H groups in total. The summed E-state index contributed by atoms with van der Waals surface area (Å²) in [7, 11) is 0. The van der Waals surface area contributed by atoms with Gasteiger partial charge in [0.05, 0.1) is 18.9 Å². The number of hydrogen-bond acceptors (Lipinski definition) is 4. The fraction of sp³-hybridized carbons (Fsp3) is 0.462. The Bertz CT molecular complexity index is 428. The summed E-state index contributed by atoms with van der Waals surface area (Å²) in [6.45, 7) is 4.43. The largest absolute Gasteiger partial charge is 0.482 e. The number of morpholine rings is 1. The van der Waals surface area contributed by atoms with Crippen molar-refractivity contribution in [2.24, 2.45) is 0 Å².